The van der Waals surface area contributed by atoms with Crippen LogP contribution in [0.2, 0.25) is 0 Å². The summed E-state index contributed by atoms with van der Waals surface area (Å²) in [5.74, 6) is 0. The second-order valence-corrected chi connectivity index (χ2v) is 5.20. The maximum atomic E-state index is 11.8. The van der Waals surface area contributed by atoms with E-state index in [0.29, 0.717) is 13.0 Å². The number of imidazole rings is 1. The van der Waals surface area contributed by atoms with Crippen LogP contribution in [-0.4, -0.2) is 22.0 Å². The Hall–Kier alpha value is -2.82. The van der Waals surface area contributed by atoms with Crippen molar-refractivity contribution in [2.75, 3.05) is 11.9 Å². The Kier molecular flexibility index (Phi) is 4.05. The highest BCUT2D eigenvalue weighted by molar-refractivity contribution is 5.89. The first-order valence-corrected chi connectivity index (χ1v) is 7.25. The monoisotopic (exact) mass is 294 g/mol. The molecular formula is C17H18N4O. The van der Waals surface area contributed by atoms with Gasteiger partial charge in [-0.25, -0.2) is 9.78 Å². The Bertz CT molecular complexity index is 780. The minimum Gasteiger partial charge on any atom is -0.337 e. The third-order valence-electron chi connectivity index (χ3n) is 3.35. The van der Waals surface area contributed by atoms with Crippen LogP contribution in [0.1, 0.15) is 11.3 Å². The standard InChI is InChI=1S/C17H18N4O/c1-13-7-8-16-19-15(12-21(16)11-13)9-10-18-17(22)20-14-5-3-2-4-6-14/h2-8,11-12H,9-10H2,1H3,(H2,18,20,22). The van der Waals surface area contributed by atoms with Crippen LogP contribution in [0.25, 0.3) is 5.65 Å². The minimum absolute atomic E-state index is 0.203. The first-order chi connectivity index (χ1) is 10.7. The lowest BCUT2D eigenvalue weighted by atomic mass is 10.3. The number of nitrogens with zero attached hydrogens (tertiary/aromatic N) is 2. The fourth-order valence-electron chi connectivity index (χ4n) is 2.28. The van der Waals surface area contributed by atoms with E-state index >= 15 is 0 Å². The quantitative estimate of drug-likeness (QED) is 0.777. The summed E-state index contributed by atoms with van der Waals surface area (Å²) in [4.78, 5) is 16.3. The Balaban J connectivity index is 1.52. The minimum atomic E-state index is -0.203. The van der Waals surface area contributed by atoms with Crippen molar-refractivity contribution in [3.63, 3.8) is 0 Å². The molecule has 0 unspecified atom stereocenters. The van der Waals surface area contributed by atoms with Gasteiger partial charge in [0.2, 0.25) is 0 Å². The fraction of sp³-hybridized carbons (Fsp3) is 0.176. The second-order valence-electron chi connectivity index (χ2n) is 5.20. The summed E-state index contributed by atoms with van der Waals surface area (Å²) in [6.45, 7) is 2.59. The van der Waals surface area contributed by atoms with Crippen molar-refractivity contribution in [2.24, 2.45) is 0 Å². The van der Waals surface area contributed by atoms with Crippen molar-refractivity contribution < 1.29 is 4.79 Å². The molecule has 0 saturated heterocycles. The largest absolute Gasteiger partial charge is 0.337 e. The Morgan fingerprint density at radius 2 is 1.95 bits per heavy atom. The van der Waals surface area contributed by atoms with Gasteiger partial charge in [0.15, 0.2) is 0 Å². The molecule has 0 saturated carbocycles. The molecule has 0 bridgehead atoms. The maximum absolute atomic E-state index is 11.8. The molecule has 0 radical (unpaired) electrons. The van der Waals surface area contributed by atoms with Crippen molar-refractivity contribution >= 4 is 17.4 Å². The smallest absolute Gasteiger partial charge is 0.319 e. The molecule has 5 nitrogen and oxygen atoms in total. The predicted molar refractivity (Wildman–Crippen MR) is 87.1 cm³/mol. The lowest BCUT2D eigenvalue weighted by Crippen LogP contribution is -2.30. The highest BCUT2D eigenvalue weighted by atomic mass is 16.2. The number of nitrogens with one attached hydrogen (secondary N) is 2. The molecule has 3 rings (SSSR count). The number of hydrogen-bond donors (Lipinski definition) is 2. The number of hydrogen-bond acceptors (Lipinski definition) is 2. The van der Waals surface area contributed by atoms with E-state index in [4.69, 9.17) is 0 Å². The molecule has 112 valence electrons. The lowest BCUT2D eigenvalue weighted by Gasteiger charge is -2.06. The molecule has 3 aromatic rings. The average molecular weight is 294 g/mol. The van der Waals surface area contributed by atoms with Gasteiger partial charge < -0.3 is 15.0 Å². The van der Waals surface area contributed by atoms with Crippen molar-refractivity contribution in [3.8, 4) is 0 Å². The Labute approximate surface area is 129 Å². The number of aromatic nitrogens is 2. The normalized spacial score (nSPS) is 10.6. The van der Waals surface area contributed by atoms with E-state index < -0.39 is 0 Å². The zero-order chi connectivity index (χ0) is 15.4. The number of amides is 2. The van der Waals surface area contributed by atoms with Gasteiger partial charge in [-0.3, -0.25) is 0 Å². The van der Waals surface area contributed by atoms with Gasteiger partial charge in [-0.2, -0.15) is 0 Å². The van der Waals surface area contributed by atoms with Gasteiger partial charge in [-0.05, 0) is 30.7 Å². The first kappa shape index (κ1) is 14.1. The number of benzene rings is 1. The van der Waals surface area contributed by atoms with Gasteiger partial charge in [0.05, 0.1) is 5.69 Å². The first-order valence-electron chi connectivity index (χ1n) is 7.25. The number of carbonyl (C=O) groups excluding carboxylic acids is 1. The second kappa shape index (κ2) is 6.30. The van der Waals surface area contributed by atoms with E-state index in [9.17, 15) is 4.79 Å². The summed E-state index contributed by atoms with van der Waals surface area (Å²) in [7, 11) is 0. The highest BCUT2D eigenvalue weighted by Crippen LogP contribution is 2.08. The molecule has 0 fully saturated rings. The molecule has 0 aliphatic carbocycles. The number of pyridine rings is 1. The number of carbonyl (C=O) groups is 1. The SMILES string of the molecule is Cc1ccc2nc(CCNC(=O)Nc3ccccc3)cn2c1. The average Bonchev–Trinajstić information content (AvgIpc) is 2.90. The van der Waals surface area contributed by atoms with E-state index in [-0.39, 0.29) is 6.03 Å². The molecule has 2 aromatic heterocycles. The van der Waals surface area contributed by atoms with Crippen LogP contribution in [-0.2, 0) is 6.42 Å². The van der Waals surface area contributed by atoms with Gasteiger partial charge in [-0.1, -0.05) is 24.3 Å². The third-order valence-corrected chi connectivity index (χ3v) is 3.35. The highest BCUT2D eigenvalue weighted by Gasteiger charge is 2.04. The van der Waals surface area contributed by atoms with E-state index in [1.165, 1.54) is 5.56 Å². The van der Waals surface area contributed by atoms with E-state index in [2.05, 4.69) is 22.5 Å². The van der Waals surface area contributed by atoms with Crippen molar-refractivity contribution in [1.29, 1.82) is 0 Å². The predicted octanol–water partition coefficient (Wildman–Crippen LogP) is 3.01. The van der Waals surface area contributed by atoms with Gasteiger partial charge in [0.1, 0.15) is 5.65 Å². The molecule has 0 aliphatic heterocycles. The van der Waals surface area contributed by atoms with Crippen LogP contribution in [0.15, 0.2) is 54.9 Å². The van der Waals surface area contributed by atoms with Gasteiger partial charge in [-0.15, -0.1) is 0 Å². The van der Waals surface area contributed by atoms with Crippen LogP contribution in [0, 0.1) is 6.92 Å². The molecule has 5 heteroatoms. The van der Waals surface area contributed by atoms with E-state index in [0.717, 1.165) is 17.0 Å². The fourth-order valence-corrected chi connectivity index (χ4v) is 2.28. The molecule has 2 N–H and O–H groups in total. The molecule has 2 amide bonds. The molecule has 1 aromatic carbocycles. The number of fused-ring (bicyclic) bond motifs is 1. The van der Waals surface area contributed by atoms with Gasteiger partial charge in [0, 0.05) is 31.0 Å². The van der Waals surface area contributed by atoms with Crippen molar-refractivity contribution in [3.05, 3.63) is 66.1 Å². The topological polar surface area (TPSA) is 58.4 Å². The van der Waals surface area contributed by atoms with E-state index in [1.54, 1.807) is 0 Å². The summed E-state index contributed by atoms with van der Waals surface area (Å²) >= 11 is 0. The lowest BCUT2D eigenvalue weighted by molar-refractivity contribution is 0.252. The summed E-state index contributed by atoms with van der Waals surface area (Å²) < 4.78 is 2.01. The van der Waals surface area contributed by atoms with E-state index in [1.807, 2.05) is 59.3 Å². The molecule has 22 heavy (non-hydrogen) atoms. The van der Waals surface area contributed by atoms with Crippen molar-refractivity contribution in [1.82, 2.24) is 14.7 Å². The maximum Gasteiger partial charge on any atom is 0.319 e. The molecular weight excluding hydrogens is 276 g/mol. The number of rotatable bonds is 4. The number of para-hydroxylation sites is 1. The summed E-state index contributed by atoms with van der Waals surface area (Å²) in [5.41, 5.74) is 3.86. The van der Waals surface area contributed by atoms with Gasteiger partial charge >= 0.3 is 6.03 Å². The number of aryl methyl sites for hydroxylation is 1. The summed E-state index contributed by atoms with van der Waals surface area (Å²) in [6, 6.07) is 13.2. The molecule has 0 spiro atoms. The number of anilines is 1. The summed E-state index contributed by atoms with van der Waals surface area (Å²) in [5, 5.41) is 5.62. The molecule has 2 heterocycles. The van der Waals surface area contributed by atoms with Crippen LogP contribution >= 0.6 is 0 Å². The van der Waals surface area contributed by atoms with Crippen LogP contribution < -0.4 is 10.6 Å². The molecule has 0 atom stereocenters. The summed E-state index contributed by atoms with van der Waals surface area (Å²) in [6.07, 6.45) is 4.74. The zero-order valence-corrected chi connectivity index (χ0v) is 12.4. The Morgan fingerprint density at radius 3 is 2.77 bits per heavy atom. The molecule has 0 aliphatic rings. The van der Waals surface area contributed by atoms with Gasteiger partial charge in [0.25, 0.3) is 0 Å². The zero-order valence-electron chi connectivity index (χ0n) is 12.4. The third kappa shape index (κ3) is 3.44. The van der Waals surface area contributed by atoms with Crippen LogP contribution in [0.4, 0.5) is 10.5 Å². The van der Waals surface area contributed by atoms with Crippen molar-refractivity contribution in [2.45, 2.75) is 13.3 Å². The van der Waals surface area contributed by atoms with Crippen LogP contribution in [0.3, 0.4) is 0 Å². The van der Waals surface area contributed by atoms with Crippen LogP contribution in [0.5, 0.6) is 0 Å². The Morgan fingerprint density at radius 1 is 1.14 bits per heavy atom. The number of urea groups is 1.